The van der Waals surface area contributed by atoms with Crippen molar-refractivity contribution in [2.45, 2.75) is 12.8 Å². The van der Waals surface area contributed by atoms with Gasteiger partial charge >= 0.3 is 10.4 Å². The smallest absolute Gasteiger partial charge is 0.394 e. The molecule has 2 aromatic carbocycles. The third-order valence-corrected chi connectivity index (χ3v) is 2.89. The van der Waals surface area contributed by atoms with Gasteiger partial charge in [0, 0.05) is 0 Å². The zero-order valence-corrected chi connectivity index (χ0v) is 13.9. The summed E-state index contributed by atoms with van der Waals surface area (Å²) in [6.07, 6.45) is 5.38. The van der Waals surface area contributed by atoms with Gasteiger partial charge in [-0.05, 0) is 36.1 Å². The monoisotopic (exact) mass is 348 g/mol. The van der Waals surface area contributed by atoms with Crippen molar-refractivity contribution in [3.8, 4) is 11.5 Å². The van der Waals surface area contributed by atoms with Gasteiger partial charge in [-0.1, -0.05) is 48.6 Å². The largest absolute Gasteiger partial charge is 0.457 e. The Morgan fingerprint density at radius 1 is 0.833 bits per heavy atom. The van der Waals surface area contributed by atoms with E-state index in [2.05, 4.69) is 25.3 Å². The lowest BCUT2D eigenvalue weighted by Gasteiger charge is -2.12. The Bertz CT molecular complexity index is 722. The molecule has 0 aromatic heterocycles. The maximum Gasteiger partial charge on any atom is 0.394 e. The van der Waals surface area contributed by atoms with Crippen LogP contribution in [-0.2, 0) is 23.2 Å². The molecule has 0 saturated heterocycles. The molecular weight excluding hydrogens is 328 g/mol. The van der Waals surface area contributed by atoms with E-state index in [0.717, 1.165) is 35.5 Å². The molecule has 0 aliphatic carbocycles. The average molecular weight is 348 g/mol. The lowest BCUT2D eigenvalue weighted by Crippen LogP contribution is -1.93. The minimum Gasteiger partial charge on any atom is -0.457 e. The molecule has 0 saturated carbocycles. The second kappa shape index (κ2) is 9.67. The number of allylic oxidation sites excluding steroid dienone is 2. The van der Waals surface area contributed by atoms with Crippen LogP contribution < -0.4 is 4.74 Å². The number of hydrogen-bond acceptors (Lipinski definition) is 3. The fourth-order valence-electron chi connectivity index (χ4n) is 1.97. The van der Waals surface area contributed by atoms with Gasteiger partial charge in [0.2, 0.25) is 0 Å². The quantitative estimate of drug-likeness (QED) is 0.601. The molecule has 0 atom stereocenters. The van der Waals surface area contributed by atoms with Crippen LogP contribution >= 0.6 is 0 Å². The van der Waals surface area contributed by atoms with E-state index in [9.17, 15) is 0 Å². The second-order valence-electron chi connectivity index (χ2n) is 4.75. The predicted molar refractivity (Wildman–Crippen MR) is 94.9 cm³/mol. The van der Waals surface area contributed by atoms with Crippen molar-refractivity contribution in [3.63, 3.8) is 0 Å². The lowest BCUT2D eigenvalue weighted by molar-refractivity contribution is 0.381. The number of ether oxygens (including phenoxy) is 1. The summed E-state index contributed by atoms with van der Waals surface area (Å²) in [5.74, 6) is 1.78. The third-order valence-electron chi connectivity index (χ3n) is 2.89. The van der Waals surface area contributed by atoms with Crippen molar-refractivity contribution in [3.05, 3.63) is 85.0 Å². The minimum atomic E-state index is -4.67. The lowest BCUT2D eigenvalue weighted by atomic mass is 10.1. The van der Waals surface area contributed by atoms with Crippen LogP contribution in [0.2, 0.25) is 0 Å². The first-order chi connectivity index (χ1) is 11.3. The van der Waals surface area contributed by atoms with Crippen LogP contribution in [-0.4, -0.2) is 17.5 Å². The molecule has 24 heavy (non-hydrogen) atoms. The molecule has 2 rings (SSSR count). The van der Waals surface area contributed by atoms with Crippen molar-refractivity contribution in [2.24, 2.45) is 0 Å². The molecule has 0 amide bonds. The molecule has 6 heteroatoms. The van der Waals surface area contributed by atoms with Crippen LogP contribution in [0.3, 0.4) is 0 Å². The van der Waals surface area contributed by atoms with Crippen LogP contribution in [0, 0.1) is 0 Å². The van der Waals surface area contributed by atoms with E-state index in [1.54, 1.807) is 0 Å². The van der Waals surface area contributed by atoms with Crippen molar-refractivity contribution >= 4 is 10.4 Å². The van der Waals surface area contributed by atoms with Gasteiger partial charge < -0.3 is 4.74 Å². The number of rotatable bonds is 6. The van der Waals surface area contributed by atoms with Crippen LogP contribution in [0.1, 0.15) is 11.1 Å². The molecule has 0 aliphatic heterocycles. The summed E-state index contributed by atoms with van der Waals surface area (Å²) in [5, 5.41) is 0. The van der Waals surface area contributed by atoms with E-state index in [1.807, 2.05) is 48.6 Å². The van der Waals surface area contributed by atoms with Gasteiger partial charge in [-0.2, -0.15) is 8.42 Å². The predicted octanol–water partition coefficient (Wildman–Crippen LogP) is 4.28. The van der Waals surface area contributed by atoms with Crippen molar-refractivity contribution in [2.75, 3.05) is 0 Å². The first-order valence-corrected chi connectivity index (χ1v) is 8.50. The van der Waals surface area contributed by atoms with Crippen molar-refractivity contribution in [1.82, 2.24) is 0 Å². The summed E-state index contributed by atoms with van der Waals surface area (Å²) in [4.78, 5) is 0. The van der Waals surface area contributed by atoms with Gasteiger partial charge in [0.05, 0.1) is 0 Å². The Balaban J connectivity index is 0.000000505. The summed E-state index contributed by atoms with van der Waals surface area (Å²) >= 11 is 0. The third kappa shape index (κ3) is 7.73. The van der Waals surface area contributed by atoms with Gasteiger partial charge in [0.15, 0.2) is 0 Å². The first-order valence-electron chi connectivity index (χ1n) is 7.10. The highest BCUT2D eigenvalue weighted by atomic mass is 32.3. The van der Waals surface area contributed by atoms with E-state index >= 15 is 0 Å². The summed E-state index contributed by atoms with van der Waals surface area (Å²) in [6.45, 7) is 7.56. The highest BCUT2D eigenvalue weighted by molar-refractivity contribution is 7.79. The molecule has 0 unspecified atom stereocenters. The Morgan fingerprint density at radius 2 is 1.17 bits per heavy atom. The van der Waals surface area contributed by atoms with Crippen LogP contribution in [0.15, 0.2) is 73.8 Å². The molecular formula is C18H20O5S. The zero-order chi connectivity index (χ0) is 18.0. The molecule has 5 nitrogen and oxygen atoms in total. The van der Waals surface area contributed by atoms with Crippen LogP contribution in [0.5, 0.6) is 11.5 Å². The zero-order valence-electron chi connectivity index (χ0n) is 13.1. The fraction of sp³-hybridized carbons (Fsp3) is 0.111. The van der Waals surface area contributed by atoms with E-state index in [4.69, 9.17) is 22.3 Å². The van der Waals surface area contributed by atoms with Crippen LogP contribution in [0.25, 0.3) is 0 Å². The number of benzene rings is 2. The second-order valence-corrected chi connectivity index (χ2v) is 5.65. The van der Waals surface area contributed by atoms with Crippen molar-refractivity contribution < 1.29 is 22.3 Å². The molecule has 0 heterocycles. The molecule has 2 aromatic rings. The average Bonchev–Trinajstić information content (AvgIpc) is 2.50. The molecule has 0 aliphatic rings. The normalized spacial score (nSPS) is 10.2. The van der Waals surface area contributed by atoms with Crippen molar-refractivity contribution in [1.29, 1.82) is 0 Å². The first kappa shape index (κ1) is 19.6. The minimum absolute atomic E-state index is 0.805. The van der Waals surface area contributed by atoms with Gasteiger partial charge in [0.25, 0.3) is 0 Å². The summed E-state index contributed by atoms with van der Waals surface area (Å²) in [5.41, 5.74) is 2.29. The molecule has 0 bridgehead atoms. The maximum absolute atomic E-state index is 8.74. The Kier molecular flexibility index (Phi) is 7.91. The topological polar surface area (TPSA) is 83.8 Å². The Labute approximate surface area is 142 Å². The summed E-state index contributed by atoms with van der Waals surface area (Å²) in [7, 11) is -4.67. The van der Waals surface area contributed by atoms with E-state index < -0.39 is 10.4 Å². The van der Waals surface area contributed by atoms with E-state index in [1.165, 1.54) is 0 Å². The van der Waals surface area contributed by atoms with Gasteiger partial charge in [-0.15, -0.1) is 13.2 Å². The summed E-state index contributed by atoms with van der Waals surface area (Å²) < 4.78 is 37.6. The fourth-order valence-corrected chi connectivity index (χ4v) is 1.97. The standard InChI is InChI=1S/C18H18O.H2O4S/c1-3-9-15-11-5-7-13-17(15)19-18-14-8-6-12-16(18)10-4-2;1-5(2,3)4/h3-8,11-14H,1-2,9-10H2;(H2,1,2,3,4). The highest BCUT2D eigenvalue weighted by Crippen LogP contribution is 2.28. The van der Waals surface area contributed by atoms with E-state index in [-0.39, 0.29) is 0 Å². The van der Waals surface area contributed by atoms with Gasteiger partial charge in [-0.25, -0.2) is 0 Å². The Hall–Kier alpha value is -2.41. The van der Waals surface area contributed by atoms with Gasteiger partial charge in [-0.3, -0.25) is 9.11 Å². The summed E-state index contributed by atoms with van der Waals surface area (Å²) in [6, 6.07) is 16.1. The van der Waals surface area contributed by atoms with Crippen LogP contribution in [0.4, 0.5) is 0 Å². The molecule has 128 valence electrons. The molecule has 0 spiro atoms. The van der Waals surface area contributed by atoms with Gasteiger partial charge in [0.1, 0.15) is 11.5 Å². The maximum atomic E-state index is 8.74. The highest BCUT2D eigenvalue weighted by Gasteiger charge is 2.06. The SMILES string of the molecule is C=CCc1ccccc1Oc1ccccc1CC=C.O=S(=O)(O)O. The number of hydrogen-bond donors (Lipinski definition) is 2. The van der Waals surface area contributed by atoms with E-state index in [0.29, 0.717) is 0 Å². The molecule has 2 N–H and O–H groups in total. The number of para-hydroxylation sites is 2. The molecule has 0 fully saturated rings. The Morgan fingerprint density at radius 3 is 1.50 bits per heavy atom. The molecule has 0 radical (unpaired) electrons.